The third-order valence-electron chi connectivity index (χ3n) is 3.08. The van der Waals surface area contributed by atoms with Crippen molar-refractivity contribution in [2.24, 2.45) is 0 Å². The van der Waals surface area contributed by atoms with E-state index in [0.29, 0.717) is 19.6 Å². The van der Waals surface area contributed by atoms with E-state index >= 15 is 0 Å². The van der Waals surface area contributed by atoms with Gasteiger partial charge in [-0.15, -0.1) is 11.3 Å². The zero-order valence-electron chi connectivity index (χ0n) is 12.3. The molecule has 0 aliphatic carbocycles. The molecule has 0 saturated carbocycles. The molecule has 2 rings (SSSR count). The van der Waals surface area contributed by atoms with Crippen molar-refractivity contribution < 1.29 is 9.53 Å². The Kier molecular flexibility index (Phi) is 6.28. The summed E-state index contributed by atoms with van der Waals surface area (Å²) in [6.07, 6.45) is 2.15. The molecule has 0 bridgehead atoms. The van der Waals surface area contributed by atoms with E-state index < -0.39 is 0 Å². The number of benzene rings is 1. The van der Waals surface area contributed by atoms with E-state index in [-0.39, 0.29) is 5.91 Å². The second kappa shape index (κ2) is 8.47. The van der Waals surface area contributed by atoms with Crippen LogP contribution in [0.25, 0.3) is 0 Å². The van der Waals surface area contributed by atoms with Crippen molar-refractivity contribution in [1.29, 1.82) is 0 Å². The molecule has 1 aromatic carbocycles. The van der Waals surface area contributed by atoms with Crippen LogP contribution in [0.3, 0.4) is 0 Å². The Labute approximate surface area is 130 Å². The summed E-state index contributed by atoms with van der Waals surface area (Å²) >= 11 is 1.72. The van der Waals surface area contributed by atoms with Crippen LogP contribution in [-0.4, -0.2) is 19.1 Å². The van der Waals surface area contributed by atoms with Gasteiger partial charge in [-0.2, -0.15) is 0 Å². The van der Waals surface area contributed by atoms with Crippen LogP contribution in [0.1, 0.15) is 23.3 Å². The van der Waals surface area contributed by atoms with Crippen LogP contribution in [0.4, 0.5) is 0 Å². The van der Waals surface area contributed by atoms with Gasteiger partial charge in [0.1, 0.15) is 5.75 Å². The van der Waals surface area contributed by atoms with Crippen LogP contribution < -0.4 is 10.1 Å². The summed E-state index contributed by atoms with van der Waals surface area (Å²) in [4.78, 5) is 13.0. The molecular formula is C17H21NO2S. The summed E-state index contributed by atoms with van der Waals surface area (Å²) in [5, 5.41) is 5.00. The van der Waals surface area contributed by atoms with E-state index in [1.807, 2.05) is 37.3 Å². The maximum Gasteiger partial charge on any atom is 0.220 e. The Hall–Kier alpha value is -1.81. The topological polar surface area (TPSA) is 38.3 Å². The number of ether oxygens (including phenoxy) is 1. The molecule has 0 radical (unpaired) electrons. The van der Waals surface area contributed by atoms with Crippen molar-refractivity contribution in [3.8, 4) is 5.75 Å². The van der Waals surface area contributed by atoms with E-state index in [1.54, 1.807) is 11.3 Å². The lowest BCUT2D eigenvalue weighted by Crippen LogP contribution is -2.25. The molecule has 4 heteroatoms. The third kappa shape index (κ3) is 6.00. The summed E-state index contributed by atoms with van der Waals surface area (Å²) in [6, 6.07) is 12.1. The Bertz CT molecular complexity index is 552. The van der Waals surface area contributed by atoms with Crippen LogP contribution in [-0.2, 0) is 11.2 Å². The van der Waals surface area contributed by atoms with Crippen molar-refractivity contribution in [1.82, 2.24) is 5.32 Å². The summed E-state index contributed by atoms with van der Waals surface area (Å²) in [6.45, 7) is 3.31. The third-order valence-corrected chi connectivity index (χ3v) is 4.02. The normalized spacial score (nSPS) is 10.3. The first-order valence-corrected chi connectivity index (χ1v) is 8.10. The Morgan fingerprint density at radius 2 is 2.19 bits per heavy atom. The minimum atomic E-state index is 0.0967. The molecule has 2 aromatic rings. The first kappa shape index (κ1) is 15.6. The second-order valence-corrected chi connectivity index (χ2v) is 5.98. The van der Waals surface area contributed by atoms with Gasteiger partial charge < -0.3 is 10.1 Å². The van der Waals surface area contributed by atoms with Gasteiger partial charge >= 0.3 is 0 Å². The average Bonchev–Trinajstić information content (AvgIpc) is 2.97. The van der Waals surface area contributed by atoms with Crippen molar-refractivity contribution in [3.05, 3.63) is 52.2 Å². The minimum Gasteiger partial charge on any atom is -0.494 e. The Balaban J connectivity index is 1.55. The fourth-order valence-electron chi connectivity index (χ4n) is 2.00. The van der Waals surface area contributed by atoms with E-state index in [0.717, 1.165) is 18.6 Å². The number of carbonyl (C=O) groups is 1. The Morgan fingerprint density at radius 3 is 2.95 bits per heavy atom. The van der Waals surface area contributed by atoms with Crippen LogP contribution in [0, 0.1) is 6.92 Å². The highest BCUT2D eigenvalue weighted by atomic mass is 32.1. The summed E-state index contributed by atoms with van der Waals surface area (Å²) in [7, 11) is 0. The fraction of sp³-hybridized carbons (Fsp3) is 0.353. The molecule has 112 valence electrons. The van der Waals surface area contributed by atoms with Crippen LogP contribution in [0.15, 0.2) is 41.8 Å². The standard InChI is InChI=1S/C17H21NO2S/c1-14-5-2-6-15(13-14)20-11-3-8-17(19)18-10-9-16-7-4-12-21-16/h2,4-7,12-13H,3,8-11H2,1H3,(H,18,19). The van der Waals surface area contributed by atoms with Crippen molar-refractivity contribution in [3.63, 3.8) is 0 Å². The molecule has 1 amide bonds. The van der Waals surface area contributed by atoms with Gasteiger partial charge in [0.15, 0.2) is 0 Å². The number of hydrogen-bond donors (Lipinski definition) is 1. The number of rotatable bonds is 8. The van der Waals surface area contributed by atoms with Gasteiger partial charge in [-0.1, -0.05) is 18.2 Å². The molecule has 0 atom stereocenters. The van der Waals surface area contributed by atoms with Crippen LogP contribution in [0.2, 0.25) is 0 Å². The summed E-state index contributed by atoms with van der Waals surface area (Å²) in [5.41, 5.74) is 1.18. The van der Waals surface area contributed by atoms with E-state index in [9.17, 15) is 4.79 Å². The molecule has 1 heterocycles. The van der Waals surface area contributed by atoms with Crippen molar-refractivity contribution in [2.75, 3.05) is 13.2 Å². The lowest BCUT2D eigenvalue weighted by molar-refractivity contribution is -0.121. The monoisotopic (exact) mass is 303 g/mol. The highest BCUT2D eigenvalue weighted by Crippen LogP contribution is 2.12. The maximum absolute atomic E-state index is 11.7. The molecule has 21 heavy (non-hydrogen) atoms. The molecule has 1 aromatic heterocycles. The number of amides is 1. The van der Waals surface area contributed by atoms with Crippen molar-refractivity contribution >= 4 is 17.2 Å². The lowest BCUT2D eigenvalue weighted by atomic mass is 10.2. The summed E-state index contributed by atoms with van der Waals surface area (Å²) < 4.78 is 5.62. The molecule has 0 aliphatic rings. The first-order valence-electron chi connectivity index (χ1n) is 7.22. The number of hydrogen-bond acceptors (Lipinski definition) is 3. The SMILES string of the molecule is Cc1cccc(OCCCC(=O)NCCc2cccs2)c1. The van der Waals surface area contributed by atoms with E-state index in [2.05, 4.69) is 16.8 Å². The highest BCUT2D eigenvalue weighted by Gasteiger charge is 2.02. The van der Waals surface area contributed by atoms with Crippen LogP contribution >= 0.6 is 11.3 Å². The fourth-order valence-corrected chi connectivity index (χ4v) is 2.71. The lowest BCUT2D eigenvalue weighted by Gasteiger charge is -2.07. The smallest absolute Gasteiger partial charge is 0.220 e. The van der Waals surface area contributed by atoms with Gasteiger partial charge in [0.05, 0.1) is 6.61 Å². The predicted octanol–water partition coefficient (Wildman–Crippen LogP) is 3.57. The molecule has 0 fully saturated rings. The molecule has 3 nitrogen and oxygen atoms in total. The van der Waals surface area contributed by atoms with Gasteiger partial charge in [-0.25, -0.2) is 0 Å². The minimum absolute atomic E-state index is 0.0967. The second-order valence-electron chi connectivity index (χ2n) is 4.95. The van der Waals surface area contributed by atoms with Gasteiger partial charge in [-0.05, 0) is 48.9 Å². The van der Waals surface area contributed by atoms with E-state index in [4.69, 9.17) is 4.74 Å². The number of thiophene rings is 1. The summed E-state index contributed by atoms with van der Waals surface area (Å²) in [5.74, 6) is 0.965. The molecule has 0 aliphatic heterocycles. The highest BCUT2D eigenvalue weighted by molar-refractivity contribution is 7.09. The van der Waals surface area contributed by atoms with Crippen molar-refractivity contribution in [2.45, 2.75) is 26.2 Å². The number of carbonyl (C=O) groups excluding carboxylic acids is 1. The molecule has 1 N–H and O–H groups in total. The van der Waals surface area contributed by atoms with Gasteiger partial charge in [0.2, 0.25) is 5.91 Å². The largest absolute Gasteiger partial charge is 0.494 e. The quantitative estimate of drug-likeness (QED) is 0.757. The van der Waals surface area contributed by atoms with Gasteiger partial charge in [-0.3, -0.25) is 4.79 Å². The molecular weight excluding hydrogens is 282 g/mol. The number of aryl methyl sites for hydroxylation is 1. The average molecular weight is 303 g/mol. The molecule has 0 unspecified atom stereocenters. The number of nitrogens with one attached hydrogen (secondary N) is 1. The molecule has 0 saturated heterocycles. The zero-order valence-corrected chi connectivity index (χ0v) is 13.1. The Morgan fingerprint density at radius 1 is 1.29 bits per heavy atom. The van der Waals surface area contributed by atoms with Gasteiger partial charge in [0.25, 0.3) is 0 Å². The van der Waals surface area contributed by atoms with Crippen LogP contribution in [0.5, 0.6) is 5.75 Å². The zero-order chi connectivity index (χ0) is 14.9. The first-order chi connectivity index (χ1) is 10.2. The van der Waals surface area contributed by atoms with E-state index in [1.165, 1.54) is 10.4 Å². The maximum atomic E-state index is 11.7. The predicted molar refractivity (Wildman–Crippen MR) is 86.9 cm³/mol. The van der Waals surface area contributed by atoms with Gasteiger partial charge in [0, 0.05) is 17.8 Å². The molecule has 0 spiro atoms.